The minimum absolute atomic E-state index is 0. The number of rotatable bonds is 7. The summed E-state index contributed by atoms with van der Waals surface area (Å²) in [7, 11) is 1.76. The van der Waals surface area contributed by atoms with Crippen LogP contribution in [0.2, 0.25) is 0 Å². The van der Waals surface area contributed by atoms with Crippen molar-refractivity contribution in [2.24, 2.45) is 10.9 Å². The predicted molar refractivity (Wildman–Crippen MR) is 126 cm³/mol. The second-order valence-corrected chi connectivity index (χ2v) is 7.61. The molecule has 2 rings (SSSR count). The Morgan fingerprint density at radius 3 is 2.64 bits per heavy atom. The van der Waals surface area contributed by atoms with Gasteiger partial charge in [0.05, 0.1) is 6.54 Å². The van der Waals surface area contributed by atoms with Crippen molar-refractivity contribution in [2.75, 3.05) is 33.3 Å². The van der Waals surface area contributed by atoms with Crippen molar-refractivity contribution in [3.8, 4) is 5.75 Å². The molecule has 1 aromatic carbocycles. The third-order valence-corrected chi connectivity index (χ3v) is 4.75. The molecule has 2 N–H and O–H groups in total. The van der Waals surface area contributed by atoms with Gasteiger partial charge in [0.1, 0.15) is 12.4 Å². The number of para-hydroxylation sites is 1. The van der Waals surface area contributed by atoms with E-state index in [2.05, 4.69) is 35.5 Å². The van der Waals surface area contributed by atoms with Crippen molar-refractivity contribution in [2.45, 2.75) is 46.1 Å². The van der Waals surface area contributed by atoms with E-state index in [0.29, 0.717) is 19.1 Å². The van der Waals surface area contributed by atoms with E-state index in [1.165, 1.54) is 5.56 Å². The number of carbonyl (C=O) groups excluding carboxylic acids is 1. The van der Waals surface area contributed by atoms with Gasteiger partial charge < -0.3 is 20.3 Å². The van der Waals surface area contributed by atoms with Crippen LogP contribution >= 0.6 is 24.0 Å². The van der Waals surface area contributed by atoms with E-state index in [1.807, 2.05) is 36.9 Å². The average Bonchev–Trinajstić information content (AvgIpc) is 3.12. The molecule has 28 heavy (non-hydrogen) atoms. The van der Waals surface area contributed by atoms with E-state index in [0.717, 1.165) is 31.2 Å². The number of benzene rings is 1. The molecule has 0 radical (unpaired) electrons. The van der Waals surface area contributed by atoms with E-state index in [-0.39, 0.29) is 41.8 Å². The molecule has 1 aliphatic rings. The molecule has 0 aromatic heterocycles. The lowest BCUT2D eigenvalue weighted by atomic mass is 10.0. The zero-order valence-electron chi connectivity index (χ0n) is 17.7. The van der Waals surface area contributed by atoms with Gasteiger partial charge in [0, 0.05) is 32.1 Å². The lowest BCUT2D eigenvalue weighted by molar-refractivity contribution is -0.133. The van der Waals surface area contributed by atoms with E-state index < -0.39 is 0 Å². The second-order valence-electron chi connectivity index (χ2n) is 7.61. The molecule has 1 unspecified atom stereocenters. The molecule has 0 aliphatic carbocycles. The van der Waals surface area contributed by atoms with E-state index in [9.17, 15) is 4.79 Å². The standard InChI is InChI=1S/C21H34N4O2.HI/c1-15(2)18-8-6-7-9-19(18)27-13-11-23-21(22-5)24-17-10-12-25(14-17)20(26)16(3)4;/h6-9,15-17H,10-14H2,1-5H3,(H2,22,23,24);1H. The summed E-state index contributed by atoms with van der Waals surface area (Å²) < 4.78 is 5.94. The first kappa shape index (κ1) is 24.5. The summed E-state index contributed by atoms with van der Waals surface area (Å²) in [6, 6.07) is 8.40. The van der Waals surface area contributed by atoms with Crippen LogP contribution in [0, 0.1) is 5.92 Å². The zero-order chi connectivity index (χ0) is 19.8. The maximum Gasteiger partial charge on any atom is 0.225 e. The molecule has 7 heteroatoms. The van der Waals surface area contributed by atoms with Gasteiger partial charge >= 0.3 is 0 Å². The number of aliphatic imine (C=N–C) groups is 1. The number of ether oxygens (including phenoxy) is 1. The molecular formula is C21H35IN4O2. The van der Waals surface area contributed by atoms with E-state index in [1.54, 1.807) is 7.05 Å². The maximum absolute atomic E-state index is 12.1. The summed E-state index contributed by atoms with van der Waals surface area (Å²) in [5, 5.41) is 6.70. The first-order valence-electron chi connectivity index (χ1n) is 9.90. The van der Waals surface area contributed by atoms with Crippen molar-refractivity contribution in [1.82, 2.24) is 15.5 Å². The Hall–Kier alpha value is -1.51. The number of amides is 1. The summed E-state index contributed by atoms with van der Waals surface area (Å²) >= 11 is 0. The molecule has 158 valence electrons. The highest BCUT2D eigenvalue weighted by molar-refractivity contribution is 14.0. The summed E-state index contributed by atoms with van der Waals surface area (Å²) in [5.74, 6) is 2.39. The van der Waals surface area contributed by atoms with Crippen LogP contribution in [0.3, 0.4) is 0 Å². The Balaban J connectivity index is 0.00000392. The fourth-order valence-corrected chi connectivity index (χ4v) is 3.25. The maximum atomic E-state index is 12.1. The molecule has 1 heterocycles. The lowest BCUT2D eigenvalue weighted by Crippen LogP contribution is -2.46. The van der Waals surface area contributed by atoms with Crippen LogP contribution in [-0.2, 0) is 4.79 Å². The van der Waals surface area contributed by atoms with Gasteiger partial charge in [-0.2, -0.15) is 0 Å². The summed E-state index contributed by atoms with van der Waals surface area (Å²) in [4.78, 5) is 18.3. The number of nitrogens with one attached hydrogen (secondary N) is 2. The highest BCUT2D eigenvalue weighted by Gasteiger charge is 2.27. The van der Waals surface area contributed by atoms with Crippen LogP contribution in [0.25, 0.3) is 0 Å². The number of hydrogen-bond acceptors (Lipinski definition) is 3. The van der Waals surface area contributed by atoms with Gasteiger partial charge in [-0.1, -0.05) is 45.9 Å². The molecule has 1 atom stereocenters. The minimum atomic E-state index is 0. The Labute approximate surface area is 186 Å². The van der Waals surface area contributed by atoms with Crippen LogP contribution in [0.5, 0.6) is 5.75 Å². The monoisotopic (exact) mass is 502 g/mol. The van der Waals surface area contributed by atoms with Crippen molar-refractivity contribution in [3.63, 3.8) is 0 Å². The average molecular weight is 502 g/mol. The molecule has 1 saturated heterocycles. The number of nitrogens with zero attached hydrogens (tertiary/aromatic N) is 2. The number of carbonyl (C=O) groups is 1. The highest BCUT2D eigenvalue weighted by Crippen LogP contribution is 2.25. The molecular weight excluding hydrogens is 467 g/mol. The smallest absolute Gasteiger partial charge is 0.225 e. The van der Waals surface area contributed by atoms with Gasteiger partial charge in [-0.15, -0.1) is 24.0 Å². The topological polar surface area (TPSA) is 66.0 Å². The Bertz CT molecular complexity index is 649. The first-order valence-corrected chi connectivity index (χ1v) is 9.90. The number of hydrogen-bond donors (Lipinski definition) is 2. The van der Waals surface area contributed by atoms with Crippen molar-refractivity contribution >= 4 is 35.8 Å². The minimum Gasteiger partial charge on any atom is -0.491 e. The fraction of sp³-hybridized carbons (Fsp3) is 0.619. The second kappa shape index (κ2) is 12.1. The highest BCUT2D eigenvalue weighted by atomic mass is 127. The molecule has 0 bridgehead atoms. The van der Waals surface area contributed by atoms with Gasteiger partial charge in [0.25, 0.3) is 0 Å². The molecule has 6 nitrogen and oxygen atoms in total. The van der Waals surface area contributed by atoms with Gasteiger partial charge in [-0.25, -0.2) is 0 Å². The van der Waals surface area contributed by atoms with Crippen LogP contribution < -0.4 is 15.4 Å². The lowest BCUT2D eigenvalue weighted by Gasteiger charge is -2.20. The van der Waals surface area contributed by atoms with Gasteiger partial charge in [0.2, 0.25) is 5.91 Å². The third-order valence-electron chi connectivity index (χ3n) is 4.75. The van der Waals surface area contributed by atoms with Crippen LogP contribution in [-0.4, -0.2) is 56.1 Å². The Morgan fingerprint density at radius 2 is 2.00 bits per heavy atom. The van der Waals surface area contributed by atoms with Crippen molar-refractivity contribution in [3.05, 3.63) is 29.8 Å². The molecule has 0 saturated carbocycles. The Kier molecular flexibility index (Phi) is 10.6. The fourth-order valence-electron chi connectivity index (χ4n) is 3.25. The van der Waals surface area contributed by atoms with E-state index in [4.69, 9.17) is 4.74 Å². The quantitative estimate of drug-likeness (QED) is 0.260. The van der Waals surface area contributed by atoms with Gasteiger partial charge in [-0.3, -0.25) is 9.79 Å². The number of likely N-dealkylation sites (tertiary alicyclic amines) is 1. The van der Waals surface area contributed by atoms with Crippen molar-refractivity contribution < 1.29 is 9.53 Å². The van der Waals surface area contributed by atoms with Crippen LogP contribution in [0.15, 0.2) is 29.3 Å². The zero-order valence-corrected chi connectivity index (χ0v) is 20.0. The molecule has 1 aliphatic heterocycles. The predicted octanol–water partition coefficient (Wildman–Crippen LogP) is 3.23. The normalized spacial score (nSPS) is 16.9. The molecule has 1 amide bonds. The molecule has 1 aromatic rings. The number of halogens is 1. The molecule has 1 fully saturated rings. The summed E-state index contributed by atoms with van der Waals surface area (Å²) in [6.07, 6.45) is 0.942. The van der Waals surface area contributed by atoms with Crippen LogP contribution in [0.4, 0.5) is 0 Å². The van der Waals surface area contributed by atoms with Crippen molar-refractivity contribution in [1.29, 1.82) is 0 Å². The Morgan fingerprint density at radius 1 is 1.29 bits per heavy atom. The SMILES string of the molecule is CN=C(NCCOc1ccccc1C(C)C)NC1CCN(C(=O)C(C)C)C1.I. The summed E-state index contributed by atoms with van der Waals surface area (Å²) in [5.41, 5.74) is 1.22. The van der Waals surface area contributed by atoms with Gasteiger partial charge in [0.15, 0.2) is 5.96 Å². The largest absolute Gasteiger partial charge is 0.491 e. The van der Waals surface area contributed by atoms with E-state index >= 15 is 0 Å². The first-order chi connectivity index (χ1) is 12.9. The third kappa shape index (κ3) is 7.14. The summed E-state index contributed by atoms with van der Waals surface area (Å²) in [6.45, 7) is 11.0. The van der Waals surface area contributed by atoms with Crippen LogP contribution in [0.1, 0.15) is 45.6 Å². The van der Waals surface area contributed by atoms with Gasteiger partial charge in [-0.05, 0) is 24.0 Å². The number of guanidine groups is 1. The molecule has 0 spiro atoms.